The molecule has 0 N–H and O–H groups in total. The lowest BCUT2D eigenvalue weighted by Gasteiger charge is -2.14. The van der Waals surface area contributed by atoms with Crippen molar-refractivity contribution in [2.75, 3.05) is 11.5 Å². The molecule has 0 aromatic heterocycles. The van der Waals surface area contributed by atoms with E-state index in [4.69, 9.17) is 11.6 Å². The first kappa shape index (κ1) is 11.7. The fourth-order valence-corrected chi connectivity index (χ4v) is 4.46. The molecule has 4 heteroatoms. The Morgan fingerprint density at radius 3 is 2.87 bits per heavy atom. The Balaban J connectivity index is 2.16. The Morgan fingerprint density at radius 1 is 1.47 bits per heavy atom. The summed E-state index contributed by atoms with van der Waals surface area (Å²) in [5.74, 6) is 2.50. The van der Waals surface area contributed by atoms with Gasteiger partial charge in [0.05, 0.1) is 0 Å². The largest absolute Gasteiger partial charge is 0.207 e. The van der Waals surface area contributed by atoms with E-state index in [9.17, 15) is 4.39 Å². The maximum atomic E-state index is 13.5. The van der Waals surface area contributed by atoms with Gasteiger partial charge in [-0.25, -0.2) is 4.39 Å². The number of thioether (sulfide) groups is 1. The highest BCUT2D eigenvalue weighted by Gasteiger charge is 2.27. The van der Waals surface area contributed by atoms with E-state index in [0.29, 0.717) is 21.3 Å². The summed E-state index contributed by atoms with van der Waals surface area (Å²) in [6, 6.07) is 4.88. The standard InChI is InChI=1S/C11H11BrClFS/c12-9-6-15-5-7(9)4-8-10(13)2-1-3-11(8)14/h1-3,7,9H,4-6H2. The second kappa shape index (κ2) is 5.07. The normalized spacial score (nSPS) is 25.8. The highest BCUT2D eigenvalue weighted by molar-refractivity contribution is 9.09. The van der Waals surface area contributed by atoms with Crippen LogP contribution in [0.25, 0.3) is 0 Å². The number of rotatable bonds is 2. The molecule has 0 aliphatic carbocycles. The van der Waals surface area contributed by atoms with Gasteiger partial charge in [0.1, 0.15) is 5.82 Å². The third-order valence-corrected chi connectivity index (χ3v) is 5.76. The monoisotopic (exact) mass is 308 g/mol. The van der Waals surface area contributed by atoms with Crippen LogP contribution in [0.15, 0.2) is 18.2 Å². The zero-order valence-corrected chi connectivity index (χ0v) is 11.2. The Morgan fingerprint density at radius 2 is 2.27 bits per heavy atom. The van der Waals surface area contributed by atoms with Crippen LogP contribution >= 0.6 is 39.3 Å². The second-order valence-electron chi connectivity index (χ2n) is 3.72. The molecule has 1 aliphatic rings. The van der Waals surface area contributed by atoms with Crippen molar-refractivity contribution in [3.63, 3.8) is 0 Å². The summed E-state index contributed by atoms with van der Waals surface area (Å²) < 4.78 is 13.5. The van der Waals surface area contributed by atoms with Crippen molar-refractivity contribution in [1.82, 2.24) is 0 Å². The van der Waals surface area contributed by atoms with Crippen LogP contribution in [0, 0.1) is 11.7 Å². The average molecular weight is 310 g/mol. The fourth-order valence-electron chi connectivity index (χ4n) is 1.75. The van der Waals surface area contributed by atoms with E-state index < -0.39 is 0 Å². The summed E-state index contributed by atoms with van der Waals surface area (Å²) in [4.78, 5) is 0.484. The van der Waals surface area contributed by atoms with Gasteiger partial charge >= 0.3 is 0 Å². The van der Waals surface area contributed by atoms with E-state index >= 15 is 0 Å². The predicted octanol–water partition coefficient (Wildman–Crippen LogP) is 4.15. The van der Waals surface area contributed by atoms with Gasteiger partial charge in [0.2, 0.25) is 0 Å². The molecule has 2 rings (SSSR count). The van der Waals surface area contributed by atoms with Gasteiger partial charge in [-0.2, -0.15) is 11.8 Å². The van der Waals surface area contributed by atoms with Crippen LogP contribution in [0.4, 0.5) is 4.39 Å². The minimum absolute atomic E-state index is 0.181. The summed E-state index contributed by atoms with van der Waals surface area (Å²) in [7, 11) is 0. The van der Waals surface area contributed by atoms with Crippen LogP contribution in [0.5, 0.6) is 0 Å². The highest BCUT2D eigenvalue weighted by atomic mass is 79.9. The Labute approximate surface area is 107 Å². The molecule has 82 valence electrons. The predicted molar refractivity (Wildman–Crippen MR) is 68.6 cm³/mol. The van der Waals surface area contributed by atoms with Gasteiger partial charge in [0.25, 0.3) is 0 Å². The van der Waals surface area contributed by atoms with Gasteiger partial charge in [-0.3, -0.25) is 0 Å². The Kier molecular flexibility index (Phi) is 3.97. The van der Waals surface area contributed by atoms with Gasteiger partial charge < -0.3 is 0 Å². The topological polar surface area (TPSA) is 0 Å². The average Bonchev–Trinajstić information content (AvgIpc) is 2.58. The van der Waals surface area contributed by atoms with Crippen molar-refractivity contribution >= 4 is 39.3 Å². The summed E-state index contributed by atoms with van der Waals surface area (Å²) in [6.07, 6.45) is 0.731. The molecule has 0 nitrogen and oxygen atoms in total. The molecule has 1 aromatic carbocycles. The van der Waals surface area contributed by atoms with Crippen LogP contribution in [0.2, 0.25) is 5.02 Å². The number of benzene rings is 1. The number of halogens is 3. The van der Waals surface area contributed by atoms with E-state index in [1.165, 1.54) is 6.07 Å². The minimum Gasteiger partial charge on any atom is -0.207 e. The SMILES string of the molecule is Fc1cccc(Cl)c1CC1CSCC1Br. The summed E-state index contributed by atoms with van der Waals surface area (Å²) >= 11 is 11.5. The third kappa shape index (κ3) is 2.69. The van der Waals surface area contributed by atoms with Crippen LogP contribution in [0.3, 0.4) is 0 Å². The van der Waals surface area contributed by atoms with E-state index in [1.807, 2.05) is 11.8 Å². The number of alkyl halides is 1. The van der Waals surface area contributed by atoms with Crippen molar-refractivity contribution in [3.05, 3.63) is 34.6 Å². The van der Waals surface area contributed by atoms with E-state index in [2.05, 4.69) is 15.9 Å². The minimum atomic E-state index is -0.181. The quantitative estimate of drug-likeness (QED) is 0.740. The van der Waals surface area contributed by atoms with Crippen molar-refractivity contribution < 1.29 is 4.39 Å². The molecule has 1 saturated heterocycles. The maximum Gasteiger partial charge on any atom is 0.127 e. The van der Waals surface area contributed by atoms with E-state index in [0.717, 1.165) is 17.9 Å². The van der Waals surface area contributed by atoms with Gasteiger partial charge in [-0.1, -0.05) is 33.6 Å². The van der Waals surface area contributed by atoms with Gasteiger partial charge in [0.15, 0.2) is 0 Å². The van der Waals surface area contributed by atoms with Crippen LogP contribution < -0.4 is 0 Å². The molecular weight excluding hydrogens is 299 g/mol. The molecule has 1 aromatic rings. The second-order valence-corrected chi connectivity index (χ2v) is 6.38. The lowest BCUT2D eigenvalue weighted by Crippen LogP contribution is -2.15. The Bertz CT molecular complexity index is 338. The summed E-state index contributed by atoms with van der Waals surface area (Å²) in [5, 5.41) is 0.548. The molecular formula is C11H11BrClFS. The summed E-state index contributed by atoms with van der Waals surface area (Å²) in [6.45, 7) is 0. The van der Waals surface area contributed by atoms with Crippen LogP contribution in [0.1, 0.15) is 5.56 Å². The maximum absolute atomic E-state index is 13.5. The van der Waals surface area contributed by atoms with Crippen LogP contribution in [-0.4, -0.2) is 16.3 Å². The van der Waals surface area contributed by atoms with Crippen molar-refractivity contribution in [2.45, 2.75) is 11.2 Å². The zero-order valence-electron chi connectivity index (χ0n) is 8.05. The lowest BCUT2D eigenvalue weighted by molar-refractivity contribution is 0.563. The molecule has 1 aliphatic heterocycles. The smallest absolute Gasteiger partial charge is 0.127 e. The molecule has 1 heterocycles. The molecule has 0 saturated carbocycles. The van der Waals surface area contributed by atoms with E-state index in [-0.39, 0.29) is 5.82 Å². The molecule has 0 amide bonds. The third-order valence-electron chi connectivity index (χ3n) is 2.65. The Hall–Kier alpha value is 0.270. The molecule has 2 unspecified atom stereocenters. The first-order valence-electron chi connectivity index (χ1n) is 4.83. The highest BCUT2D eigenvalue weighted by Crippen LogP contribution is 2.34. The molecule has 15 heavy (non-hydrogen) atoms. The summed E-state index contributed by atoms with van der Waals surface area (Å²) in [5.41, 5.74) is 0.663. The van der Waals surface area contributed by atoms with Gasteiger partial charge in [-0.05, 0) is 30.2 Å². The lowest BCUT2D eigenvalue weighted by atomic mass is 9.98. The van der Waals surface area contributed by atoms with E-state index in [1.54, 1.807) is 12.1 Å². The molecule has 0 bridgehead atoms. The molecule has 0 radical (unpaired) electrons. The fraction of sp³-hybridized carbons (Fsp3) is 0.455. The first-order valence-corrected chi connectivity index (χ1v) is 7.28. The van der Waals surface area contributed by atoms with Gasteiger partial charge in [-0.15, -0.1) is 0 Å². The van der Waals surface area contributed by atoms with Crippen molar-refractivity contribution in [2.24, 2.45) is 5.92 Å². The molecule has 2 atom stereocenters. The van der Waals surface area contributed by atoms with Crippen LogP contribution in [-0.2, 0) is 6.42 Å². The zero-order chi connectivity index (χ0) is 10.8. The number of hydrogen-bond acceptors (Lipinski definition) is 1. The molecule has 1 fully saturated rings. The van der Waals surface area contributed by atoms with Gasteiger partial charge in [0, 0.05) is 21.2 Å². The van der Waals surface area contributed by atoms with Crippen molar-refractivity contribution in [1.29, 1.82) is 0 Å². The number of hydrogen-bond donors (Lipinski definition) is 0. The molecule has 0 spiro atoms. The first-order chi connectivity index (χ1) is 7.18. The van der Waals surface area contributed by atoms with Crippen molar-refractivity contribution in [3.8, 4) is 0 Å².